The van der Waals surface area contributed by atoms with Crippen LogP contribution in [0.3, 0.4) is 0 Å². The quantitative estimate of drug-likeness (QED) is 0.655. The average Bonchev–Trinajstić information content (AvgIpc) is 3.11. The molecule has 2 nitrogen and oxygen atoms in total. The molecular weight excluding hydrogens is 303 g/mol. The third kappa shape index (κ3) is 2.95. The monoisotopic (exact) mass is 320 g/mol. The molecule has 1 atom stereocenters. The van der Waals surface area contributed by atoms with Gasteiger partial charge in [0.15, 0.2) is 0 Å². The molecule has 1 aliphatic rings. The Hall–Kier alpha value is -2.31. The average molecular weight is 320 g/mol. The smallest absolute Gasteiger partial charge is 0.138 e. The van der Waals surface area contributed by atoms with E-state index in [1.54, 1.807) is 0 Å². The van der Waals surface area contributed by atoms with Crippen molar-refractivity contribution in [2.75, 3.05) is 6.35 Å². The minimum absolute atomic E-state index is 0.586. The molecule has 0 amide bonds. The Morgan fingerprint density at radius 1 is 0.870 bits per heavy atom. The molecule has 23 heavy (non-hydrogen) atoms. The van der Waals surface area contributed by atoms with E-state index in [1.807, 2.05) is 24.3 Å². The molecule has 0 fully saturated rings. The van der Waals surface area contributed by atoms with Crippen molar-refractivity contribution in [3.05, 3.63) is 78.4 Å². The molecule has 0 aromatic heterocycles. The number of benzene rings is 3. The van der Waals surface area contributed by atoms with Crippen LogP contribution >= 0.6 is 8.58 Å². The maximum atomic E-state index is 6.05. The van der Waals surface area contributed by atoms with E-state index in [2.05, 4.69) is 48.5 Å². The van der Waals surface area contributed by atoms with E-state index in [9.17, 15) is 0 Å². The minimum Gasteiger partial charge on any atom is -0.488 e. The fourth-order valence-corrected chi connectivity index (χ4v) is 3.82. The van der Waals surface area contributed by atoms with E-state index in [1.165, 1.54) is 16.4 Å². The topological polar surface area (TPSA) is 18.5 Å². The summed E-state index contributed by atoms with van der Waals surface area (Å²) in [5.41, 5.74) is 3.51. The van der Waals surface area contributed by atoms with Gasteiger partial charge in [-0.25, -0.2) is 0 Å². The Labute approximate surface area is 137 Å². The van der Waals surface area contributed by atoms with Crippen LogP contribution in [-0.2, 0) is 6.61 Å². The van der Waals surface area contributed by atoms with E-state index >= 15 is 0 Å². The molecule has 1 aliphatic heterocycles. The molecule has 1 heterocycles. The van der Waals surface area contributed by atoms with Crippen LogP contribution in [0.1, 0.15) is 5.56 Å². The van der Waals surface area contributed by atoms with E-state index in [4.69, 9.17) is 9.47 Å². The van der Waals surface area contributed by atoms with Gasteiger partial charge in [-0.3, -0.25) is 0 Å². The van der Waals surface area contributed by atoms with Crippen molar-refractivity contribution in [2.24, 2.45) is 0 Å². The first-order valence-electron chi connectivity index (χ1n) is 7.67. The second-order valence-electron chi connectivity index (χ2n) is 5.42. The van der Waals surface area contributed by atoms with Crippen molar-refractivity contribution in [1.29, 1.82) is 0 Å². The van der Waals surface area contributed by atoms with Gasteiger partial charge in [-0.15, -0.1) is 0 Å². The third-order valence-electron chi connectivity index (χ3n) is 3.91. The standard InChI is InChI=1S/C20H17O2P/c1-3-7-15(8-4-1)13-21-18-12-11-17(16-9-5-2-6-10-16)19-20(18)23-14-22-19/h1-12,23H,13-14H2. The first-order valence-corrected chi connectivity index (χ1v) is 8.88. The van der Waals surface area contributed by atoms with Crippen LogP contribution in [0.15, 0.2) is 72.8 Å². The zero-order valence-electron chi connectivity index (χ0n) is 12.7. The number of ether oxygens (including phenoxy) is 2. The van der Waals surface area contributed by atoms with Gasteiger partial charge in [0.2, 0.25) is 0 Å². The second-order valence-corrected chi connectivity index (χ2v) is 6.56. The van der Waals surface area contributed by atoms with Crippen molar-refractivity contribution in [2.45, 2.75) is 6.61 Å². The summed E-state index contributed by atoms with van der Waals surface area (Å²) in [5.74, 6) is 1.93. The summed E-state index contributed by atoms with van der Waals surface area (Å²) in [6.07, 6.45) is 0.751. The van der Waals surface area contributed by atoms with Gasteiger partial charge in [-0.1, -0.05) is 60.7 Å². The summed E-state index contributed by atoms with van der Waals surface area (Å²) in [6.45, 7) is 0.586. The van der Waals surface area contributed by atoms with Gasteiger partial charge in [0.1, 0.15) is 24.5 Å². The largest absolute Gasteiger partial charge is 0.488 e. The van der Waals surface area contributed by atoms with Gasteiger partial charge < -0.3 is 9.47 Å². The highest BCUT2D eigenvalue weighted by molar-refractivity contribution is 7.48. The second kappa shape index (κ2) is 6.44. The first kappa shape index (κ1) is 14.3. The molecule has 0 aliphatic carbocycles. The number of hydrogen-bond acceptors (Lipinski definition) is 2. The molecule has 0 saturated carbocycles. The highest BCUT2D eigenvalue weighted by atomic mass is 31.1. The van der Waals surface area contributed by atoms with E-state index in [0.717, 1.165) is 23.4 Å². The number of fused-ring (bicyclic) bond motifs is 1. The highest BCUT2D eigenvalue weighted by Gasteiger charge is 2.22. The molecule has 0 radical (unpaired) electrons. The Bertz CT molecular complexity index is 801. The number of rotatable bonds is 4. The van der Waals surface area contributed by atoms with Crippen LogP contribution in [0, 0.1) is 0 Å². The maximum absolute atomic E-state index is 6.05. The van der Waals surface area contributed by atoms with Gasteiger partial charge in [-0.05, 0) is 31.8 Å². The Balaban J connectivity index is 1.64. The van der Waals surface area contributed by atoms with E-state index < -0.39 is 0 Å². The Morgan fingerprint density at radius 2 is 1.61 bits per heavy atom. The Kier molecular flexibility index (Phi) is 4.00. The molecule has 4 rings (SSSR count). The number of hydrogen-bond donors (Lipinski definition) is 0. The summed E-state index contributed by atoms with van der Waals surface area (Å²) >= 11 is 0. The molecule has 3 aromatic rings. The molecule has 0 N–H and O–H groups in total. The summed E-state index contributed by atoms with van der Waals surface area (Å²) < 4.78 is 12.0. The van der Waals surface area contributed by atoms with Crippen LogP contribution < -0.4 is 14.8 Å². The lowest BCUT2D eigenvalue weighted by atomic mass is 10.0. The van der Waals surface area contributed by atoms with E-state index in [-0.39, 0.29) is 0 Å². The molecule has 3 heteroatoms. The van der Waals surface area contributed by atoms with Crippen molar-refractivity contribution in [3.8, 4) is 22.6 Å². The van der Waals surface area contributed by atoms with Crippen LogP contribution in [0.25, 0.3) is 11.1 Å². The normalized spacial score (nSPS) is 13.6. The van der Waals surface area contributed by atoms with Crippen LogP contribution in [0.4, 0.5) is 0 Å². The highest BCUT2D eigenvalue weighted by Crippen LogP contribution is 2.40. The van der Waals surface area contributed by atoms with Crippen molar-refractivity contribution in [1.82, 2.24) is 0 Å². The predicted molar refractivity (Wildman–Crippen MR) is 96.1 cm³/mol. The molecule has 114 valence electrons. The molecule has 1 unspecified atom stereocenters. The molecule has 3 aromatic carbocycles. The lowest BCUT2D eigenvalue weighted by molar-refractivity contribution is 0.308. The first-order chi connectivity index (χ1) is 11.4. The van der Waals surface area contributed by atoms with E-state index in [0.29, 0.717) is 15.2 Å². The van der Waals surface area contributed by atoms with Gasteiger partial charge in [-0.2, -0.15) is 0 Å². The SMILES string of the molecule is c1ccc(COc2ccc(-c3ccccc3)c3c2PCO3)cc1. The minimum atomic E-state index is 0.586. The Morgan fingerprint density at radius 3 is 2.39 bits per heavy atom. The maximum Gasteiger partial charge on any atom is 0.138 e. The molecule has 0 saturated heterocycles. The third-order valence-corrected chi connectivity index (χ3v) is 5.02. The van der Waals surface area contributed by atoms with Gasteiger partial charge in [0, 0.05) is 5.56 Å². The summed E-state index contributed by atoms with van der Waals surface area (Å²) in [5, 5.41) is 1.21. The summed E-state index contributed by atoms with van der Waals surface area (Å²) in [4.78, 5) is 0. The van der Waals surface area contributed by atoms with Crippen molar-refractivity contribution in [3.63, 3.8) is 0 Å². The lowest BCUT2D eigenvalue weighted by Gasteiger charge is -2.13. The summed E-state index contributed by atoms with van der Waals surface area (Å²) in [6, 6.07) is 24.8. The predicted octanol–water partition coefficient (Wildman–Crippen LogP) is 4.59. The van der Waals surface area contributed by atoms with Crippen molar-refractivity contribution < 1.29 is 9.47 Å². The van der Waals surface area contributed by atoms with Crippen molar-refractivity contribution >= 4 is 13.9 Å². The van der Waals surface area contributed by atoms with Gasteiger partial charge in [0.05, 0.1) is 5.30 Å². The lowest BCUT2D eigenvalue weighted by Crippen LogP contribution is -2.04. The molecule has 0 spiro atoms. The zero-order chi connectivity index (χ0) is 15.5. The summed E-state index contributed by atoms with van der Waals surface area (Å²) in [7, 11) is 0.640. The van der Waals surface area contributed by atoms with Crippen LogP contribution in [-0.4, -0.2) is 6.35 Å². The fraction of sp³-hybridized carbons (Fsp3) is 0.100. The molecular formula is C20H17O2P. The van der Waals surface area contributed by atoms with Gasteiger partial charge in [0.25, 0.3) is 0 Å². The molecule has 0 bridgehead atoms. The zero-order valence-corrected chi connectivity index (χ0v) is 13.7. The van der Waals surface area contributed by atoms with Crippen LogP contribution in [0.2, 0.25) is 0 Å². The van der Waals surface area contributed by atoms with Gasteiger partial charge >= 0.3 is 0 Å². The van der Waals surface area contributed by atoms with Crippen LogP contribution in [0.5, 0.6) is 11.5 Å². The fourth-order valence-electron chi connectivity index (χ4n) is 2.76.